The van der Waals surface area contributed by atoms with Crippen LogP contribution in [-0.2, 0) is 14.6 Å². The molecule has 1 rings (SSSR count). The van der Waals surface area contributed by atoms with E-state index in [1.165, 1.54) is 17.0 Å². The fourth-order valence-corrected chi connectivity index (χ4v) is 2.74. The Balaban J connectivity index is 2.61. The third kappa shape index (κ3) is 4.03. The van der Waals surface area contributed by atoms with Crippen LogP contribution in [0.3, 0.4) is 0 Å². The van der Waals surface area contributed by atoms with Crippen molar-refractivity contribution in [1.29, 1.82) is 0 Å². The highest BCUT2D eigenvalue weighted by atomic mass is 32.2. The Bertz CT molecular complexity index is 507. The van der Waals surface area contributed by atoms with Crippen molar-refractivity contribution in [3.63, 3.8) is 0 Å². The number of nitrogens with zero attached hydrogens (tertiary/aromatic N) is 1. The molecule has 0 aliphatic carbocycles. The lowest BCUT2D eigenvalue weighted by Gasteiger charge is -2.10. The molecular weight excluding hydrogens is 252 g/mol. The van der Waals surface area contributed by atoms with Gasteiger partial charge >= 0.3 is 0 Å². The smallest absolute Gasteiger partial charge is 0.222 e. The molecule has 1 aromatic rings. The summed E-state index contributed by atoms with van der Waals surface area (Å²) in [6.45, 7) is 0. The number of carbonyl (C=O) groups is 1. The molecule has 1 amide bonds. The first-order valence-corrected chi connectivity index (χ1v) is 7.26. The summed E-state index contributed by atoms with van der Waals surface area (Å²) in [6, 6.07) is 6.08. The van der Waals surface area contributed by atoms with Crippen molar-refractivity contribution in [2.45, 2.75) is 17.7 Å². The molecule has 2 N–H and O–H groups in total. The summed E-state index contributed by atoms with van der Waals surface area (Å²) in [5.41, 5.74) is 6.02. The SMILES string of the molecule is CN(C)C(=O)CCCS(=O)(=O)c1ccc(N)cc1. The van der Waals surface area contributed by atoms with E-state index in [9.17, 15) is 13.2 Å². The Hall–Kier alpha value is -1.56. The largest absolute Gasteiger partial charge is 0.399 e. The fourth-order valence-electron chi connectivity index (χ4n) is 1.43. The van der Waals surface area contributed by atoms with E-state index < -0.39 is 9.84 Å². The van der Waals surface area contributed by atoms with Crippen molar-refractivity contribution in [2.24, 2.45) is 0 Å². The van der Waals surface area contributed by atoms with E-state index >= 15 is 0 Å². The number of nitrogens with two attached hydrogens (primary N) is 1. The van der Waals surface area contributed by atoms with Crippen molar-refractivity contribution in [2.75, 3.05) is 25.6 Å². The third-order valence-electron chi connectivity index (χ3n) is 2.54. The van der Waals surface area contributed by atoms with E-state index in [2.05, 4.69) is 0 Å². The molecule has 0 aliphatic heterocycles. The van der Waals surface area contributed by atoms with Crippen LogP contribution in [0.1, 0.15) is 12.8 Å². The minimum atomic E-state index is -3.32. The van der Waals surface area contributed by atoms with E-state index in [0.717, 1.165) is 0 Å². The molecule has 0 aliphatic rings. The monoisotopic (exact) mass is 270 g/mol. The summed E-state index contributed by atoms with van der Waals surface area (Å²) < 4.78 is 23.9. The number of sulfone groups is 1. The van der Waals surface area contributed by atoms with E-state index in [0.29, 0.717) is 12.1 Å². The van der Waals surface area contributed by atoms with Gasteiger partial charge in [-0.2, -0.15) is 0 Å². The minimum Gasteiger partial charge on any atom is -0.399 e. The number of hydrogen-bond acceptors (Lipinski definition) is 4. The van der Waals surface area contributed by atoms with E-state index in [4.69, 9.17) is 5.73 Å². The van der Waals surface area contributed by atoms with Gasteiger partial charge in [-0.3, -0.25) is 4.79 Å². The lowest BCUT2D eigenvalue weighted by atomic mass is 10.3. The second kappa shape index (κ2) is 5.86. The van der Waals surface area contributed by atoms with Gasteiger partial charge in [-0.1, -0.05) is 0 Å². The zero-order valence-electron chi connectivity index (χ0n) is 10.6. The van der Waals surface area contributed by atoms with Gasteiger partial charge in [0.25, 0.3) is 0 Å². The molecule has 18 heavy (non-hydrogen) atoms. The van der Waals surface area contributed by atoms with Crippen LogP contribution in [-0.4, -0.2) is 39.1 Å². The van der Waals surface area contributed by atoms with Crippen LogP contribution in [0.4, 0.5) is 5.69 Å². The molecule has 0 fully saturated rings. The van der Waals surface area contributed by atoms with Crippen LogP contribution in [0.2, 0.25) is 0 Å². The van der Waals surface area contributed by atoms with Gasteiger partial charge < -0.3 is 10.6 Å². The van der Waals surface area contributed by atoms with Gasteiger partial charge in [0.1, 0.15) is 0 Å². The average molecular weight is 270 g/mol. The molecule has 0 heterocycles. The highest BCUT2D eigenvalue weighted by Crippen LogP contribution is 2.14. The zero-order valence-corrected chi connectivity index (χ0v) is 11.4. The average Bonchev–Trinajstić information content (AvgIpc) is 2.29. The second-order valence-corrected chi connectivity index (χ2v) is 6.39. The van der Waals surface area contributed by atoms with Gasteiger partial charge in [-0.25, -0.2) is 8.42 Å². The maximum Gasteiger partial charge on any atom is 0.222 e. The Morgan fingerprint density at radius 2 is 1.78 bits per heavy atom. The molecule has 0 atom stereocenters. The summed E-state index contributed by atoms with van der Waals surface area (Å²) in [6.07, 6.45) is 0.560. The van der Waals surface area contributed by atoms with Crippen LogP contribution in [0, 0.1) is 0 Å². The van der Waals surface area contributed by atoms with E-state index in [1.807, 2.05) is 0 Å². The lowest BCUT2D eigenvalue weighted by Crippen LogP contribution is -2.22. The Labute approximate surface area is 108 Å². The van der Waals surface area contributed by atoms with Crippen LogP contribution in [0.5, 0.6) is 0 Å². The number of amides is 1. The maximum absolute atomic E-state index is 11.9. The van der Waals surface area contributed by atoms with Gasteiger partial charge in [0.05, 0.1) is 10.6 Å². The first-order valence-electron chi connectivity index (χ1n) is 5.61. The van der Waals surface area contributed by atoms with Crippen molar-refractivity contribution >= 4 is 21.4 Å². The molecular formula is C12H18N2O3S. The fraction of sp³-hybridized carbons (Fsp3) is 0.417. The number of hydrogen-bond donors (Lipinski definition) is 1. The molecule has 0 spiro atoms. The lowest BCUT2D eigenvalue weighted by molar-refractivity contribution is -0.128. The molecule has 5 nitrogen and oxygen atoms in total. The number of rotatable bonds is 5. The summed E-state index contributed by atoms with van der Waals surface area (Å²) in [7, 11) is -0.0255. The molecule has 0 bridgehead atoms. The van der Waals surface area contributed by atoms with E-state index in [-0.39, 0.29) is 23.0 Å². The highest BCUT2D eigenvalue weighted by molar-refractivity contribution is 7.91. The number of carbonyl (C=O) groups excluding carboxylic acids is 1. The summed E-state index contributed by atoms with van der Waals surface area (Å²) in [4.78, 5) is 13.0. The van der Waals surface area contributed by atoms with Crippen molar-refractivity contribution in [3.8, 4) is 0 Å². The minimum absolute atomic E-state index is 0.0313. The molecule has 100 valence electrons. The second-order valence-electron chi connectivity index (χ2n) is 4.28. The highest BCUT2D eigenvalue weighted by Gasteiger charge is 2.15. The van der Waals surface area contributed by atoms with Gasteiger partial charge in [-0.15, -0.1) is 0 Å². The van der Waals surface area contributed by atoms with Crippen molar-refractivity contribution < 1.29 is 13.2 Å². The Morgan fingerprint density at radius 1 is 1.22 bits per heavy atom. The molecule has 6 heteroatoms. The maximum atomic E-state index is 11.9. The number of benzene rings is 1. The van der Waals surface area contributed by atoms with Gasteiger partial charge in [0.15, 0.2) is 9.84 Å². The van der Waals surface area contributed by atoms with E-state index in [1.54, 1.807) is 26.2 Å². The van der Waals surface area contributed by atoms with Gasteiger partial charge in [0.2, 0.25) is 5.91 Å². The van der Waals surface area contributed by atoms with Crippen LogP contribution < -0.4 is 5.73 Å². The predicted octanol–water partition coefficient (Wildman–Crippen LogP) is 0.911. The summed E-state index contributed by atoms with van der Waals surface area (Å²) >= 11 is 0. The molecule has 1 aromatic carbocycles. The quantitative estimate of drug-likeness (QED) is 0.806. The standard InChI is InChI=1S/C12H18N2O3S/c1-14(2)12(15)4-3-9-18(16,17)11-7-5-10(13)6-8-11/h5-8H,3-4,9,13H2,1-2H3. The topological polar surface area (TPSA) is 80.5 Å². The zero-order chi connectivity index (χ0) is 13.8. The Kier molecular flexibility index (Phi) is 4.72. The van der Waals surface area contributed by atoms with Crippen LogP contribution in [0.15, 0.2) is 29.2 Å². The molecule has 0 aromatic heterocycles. The van der Waals surface area contributed by atoms with Crippen molar-refractivity contribution in [3.05, 3.63) is 24.3 Å². The normalized spacial score (nSPS) is 11.2. The number of anilines is 1. The van der Waals surface area contributed by atoms with Crippen molar-refractivity contribution in [1.82, 2.24) is 4.90 Å². The van der Waals surface area contributed by atoms with Gasteiger partial charge in [-0.05, 0) is 30.7 Å². The van der Waals surface area contributed by atoms with Crippen LogP contribution >= 0.6 is 0 Å². The number of nitrogen functional groups attached to an aromatic ring is 1. The molecule has 0 saturated heterocycles. The molecule has 0 radical (unpaired) electrons. The van der Waals surface area contributed by atoms with Crippen LogP contribution in [0.25, 0.3) is 0 Å². The first kappa shape index (κ1) is 14.5. The summed E-state index contributed by atoms with van der Waals surface area (Å²) in [5.74, 6) is -0.0984. The van der Waals surface area contributed by atoms with Gasteiger partial charge in [0, 0.05) is 26.2 Å². The predicted molar refractivity (Wildman–Crippen MR) is 70.8 cm³/mol. The summed E-state index contributed by atoms with van der Waals surface area (Å²) in [5, 5.41) is 0. The third-order valence-corrected chi connectivity index (χ3v) is 4.36. The first-order chi connectivity index (χ1) is 8.33. The Morgan fingerprint density at radius 3 is 2.28 bits per heavy atom. The molecule has 0 unspecified atom stereocenters. The molecule has 0 saturated carbocycles.